The van der Waals surface area contributed by atoms with E-state index in [1.165, 1.54) is 0 Å². The molecule has 0 aliphatic carbocycles. The van der Waals surface area contributed by atoms with Gasteiger partial charge < -0.3 is 19.4 Å². The minimum atomic E-state index is -0.636. The van der Waals surface area contributed by atoms with Crippen molar-refractivity contribution in [3.05, 3.63) is 23.8 Å². The van der Waals surface area contributed by atoms with E-state index in [2.05, 4.69) is 6.92 Å². The number of aliphatic hydroxyl groups excluding tert-OH is 1. The Balaban J connectivity index is 2.14. The normalized spacial score (nSPS) is 16.3. The molecule has 0 spiro atoms. The average Bonchev–Trinajstić information content (AvgIpc) is 2.84. The fraction of sp³-hybridized carbons (Fsp3) is 0.500. The molecule has 1 aromatic rings. The fourth-order valence-corrected chi connectivity index (χ4v) is 2.10. The Kier molecular flexibility index (Phi) is 4.20. The van der Waals surface area contributed by atoms with Crippen LogP contribution in [0, 0.1) is 0 Å². The molecule has 0 unspecified atom stereocenters. The molecule has 0 fully saturated rings. The number of hydrogen-bond donors (Lipinski definition) is 1. The lowest BCUT2D eigenvalue weighted by atomic mass is 9.91. The van der Waals surface area contributed by atoms with E-state index >= 15 is 0 Å². The van der Waals surface area contributed by atoms with Crippen LogP contribution in [0.3, 0.4) is 0 Å². The predicted molar refractivity (Wildman–Crippen MR) is 66.9 cm³/mol. The van der Waals surface area contributed by atoms with Crippen LogP contribution in [0.1, 0.15) is 37.7 Å². The summed E-state index contributed by atoms with van der Waals surface area (Å²) < 4.78 is 10.5. The summed E-state index contributed by atoms with van der Waals surface area (Å²) in [4.78, 5) is 11.2. The number of unbranched alkanes of at least 4 members (excludes halogenated alkanes) is 1. The number of hydrogen-bond acceptors (Lipinski definition) is 4. The minimum absolute atomic E-state index is 0.211. The summed E-state index contributed by atoms with van der Waals surface area (Å²) in [7, 11) is 0. The van der Waals surface area contributed by atoms with Crippen LogP contribution in [0.2, 0.25) is 0 Å². The Morgan fingerprint density at radius 1 is 1.39 bits per heavy atom. The van der Waals surface area contributed by atoms with Gasteiger partial charge in [-0.25, -0.2) is 0 Å². The lowest BCUT2D eigenvalue weighted by Crippen LogP contribution is -2.19. The molecule has 1 N–H and O–H groups in total. The third-order valence-electron chi connectivity index (χ3n) is 3.20. The Morgan fingerprint density at radius 2 is 2.17 bits per heavy atom. The molecule has 2 rings (SSSR count). The smallest absolute Gasteiger partial charge is 0.231 e. The van der Waals surface area contributed by atoms with E-state index < -0.39 is 12.0 Å². The second kappa shape index (κ2) is 5.87. The van der Waals surface area contributed by atoms with Gasteiger partial charge in [-0.2, -0.15) is 0 Å². The van der Waals surface area contributed by atoms with E-state index in [4.69, 9.17) is 9.47 Å². The lowest BCUT2D eigenvalue weighted by molar-refractivity contribution is -0.111. The van der Waals surface area contributed by atoms with Crippen LogP contribution >= 0.6 is 0 Å². The van der Waals surface area contributed by atoms with Crippen molar-refractivity contribution in [2.45, 2.75) is 38.2 Å². The largest absolute Gasteiger partial charge is 0.454 e. The van der Waals surface area contributed by atoms with Crippen molar-refractivity contribution >= 4 is 6.29 Å². The molecule has 0 radical (unpaired) electrons. The first kappa shape index (κ1) is 12.9. The zero-order chi connectivity index (χ0) is 13.0. The Labute approximate surface area is 107 Å². The molecule has 1 aromatic carbocycles. The van der Waals surface area contributed by atoms with Gasteiger partial charge in [-0.3, -0.25) is 0 Å². The number of aldehydes is 1. The molecular weight excluding hydrogens is 232 g/mol. The fourth-order valence-electron chi connectivity index (χ4n) is 2.10. The molecule has 1 aliphatic heterocycles. The summed E-state index contributed by atoms with van der Waals surface area (Å²) in [5, 5.41) is 10.0. The van der Waals surface area contributed by atoms with Gasteiger partial charge >= 0.3 is 0 Å². The summed E-state index contributed by atoms with van der Waals surface area (Å²) in [6, 6.07) is 5.36. The Hall–Kier alpha value is -1.55. The first-order chi connectivity index (χ1) is 8.76. The van der Waals surface area contributed by atoms with Crippen molar-refractivity contribution in [2.24, 2.45) is 0 Å². The maximum atomic E-state index is 11.2. The van der Waals surface area contributed by atoms with Gasteiger partial charge in [-0.05, 0) is 24.1 Å². The van der Waals surface area contributed by atoms with Gasteiger partial charge in [-0.1, -0.05) is 25.8 Å². The molecule has 1 aliphatic rings. The molecular formula is C14H18O4. The lowest BCUT2D eigenvalue weighted by Gasteiger charge is -2.18. The summed E-state index contributed by atoms with van der Waals surface area (Å²) in [5.41, 5.74) is 0.776. The van der Waals surface area contributed by atoms with Crippen molar-refractivity contribution in [3.63, 3.8) is 0 Å². The highest BCUT2D eigenvalue weighted by molar-refractivity contribution is 5.64. The zero-order valence-corrected chi connectivity index (χ0v) is 10.5. The van der Waals surface area contributed by atoms with Crippen molar-refractivity contribution in [1.82, 2.24) is 0 Å². The van der Waals surface area contributed by atoms with Crippen LogP contribution in [-0.4, -0.2) is 24.3 Å². The van der Waals surface area contributed by atoms with Crippen LogP contribution < -0.4 is 9.47 Å². The topological polar surface area (TPSA) is 55.8 Å². The monoisotopic (exact) mass is 250 g/mol. The van der Waals surface area contributed by atoms with E-state index in [9.17, 15) is 9.90 Å². The third kappa shape index (κ3) is 2.64. The highest BCUT2D eigenvalue weighted by Gasteiger charge is 2.23. The molecule has 4 heteroatoms. The van der Waals surface area contributed by atoms with Crippen LogP contribution in [0.15, 0.2) is 18.2 Å². The number of aliphatic hydroxyl groups is 1. The van der Waals surface area contributed by atoms with Gasteiger partial charge in [-0.15, -0.1) is 0 Å². The standard InChI is InChI=1S/C14H18O4/c1-2-3-4-12(16)11(8-15)10-5-6-13-14(7-10)18-9-17-13/h5-8,11-12,16H,2-4,9H2,1H3/t11-,12-/m1/s1. The van der Waals surface area contributed by atoms with E-state index in [1.54, 1.807) is 12.1 Å². The first-order valence-corrected chi connectivity index (χ1v) is 6.29. The van der Waals surface area contributed by atoms with Gasteiger partial charge in [0.05, 0.1) is 12.0 Å². The summed E-state index contributed by atoms with van der Waals surface area (Å²) in [5.74, 6) is 0.833. The van der Waals surface area contributed by atoms with Crippen LogP contribution in [0.4, 0.5) is 0 Å². The van der Waals surface area contributed by atoms with Crippen LogP contribution in [0.25, 0.3) is 0 Å². The number of fused-ring (bicyclic) bond motifs is 1. The number of ether oxygens (including phenoxy) is 2. The minimum Gasteiger partial charge on any atom is -0.454 e. The highest BCUT2D eigenvalue weighted by Crippen LogP contribution is 2.35. The molecule has 0 saturated carbocycles. The van der Waals surface area contributed by atoms with E-state index in [-0.39, 0.29) is 6.79 Å². The van der Waals surface area contributed by atoms with Crippen molar-refractivity contribution in [2.75, 3.05) is 6.79 Å². The molecule has 2 atom stereocenters. The maximum Gasteiger partial charge on any atom is 0.231 e. The molecule has 0 saturated heterocycles. The van der Waals surface area contributed by atoms with Gasteiger partial charge in [0, 0.05) is 0 Å². The second-order valence-electron chi connectivity index (χ2n) is 4.48. The number of carbonyl (C=O) groups is 1. The Bertz CT molecular complexity index is 416. The van der Waals surface area contributed by atoms with Gasteiger partial charge in [0.25, 0.3) is 0 Å². The summed E-state index contributed by atoms with van der Waals surface area (Å²) in [6.45, 7) is 2.27. The first-order valence-electron chi connectivity index (χ1n) is 6.29. The van der Waals surface area contributed by atoms with Crippen molar-refractivity contribution in [1.29, 1.82) is 0 Å². The number of carbonyl (C=O) groups excluding carboxylic acids is 1. The van der Waals surface area contributed by atoms with Gasteiger partial charge in [0.15, 0.2) is 11.5 Å². The summed E-state index contributed by atoms with van der Waals surface area (Å²) in [6.07, 6.45) is 2.72. The second-order valence-corrected chi connectivity index (χ2v) is 4.48. The van der Waals surface area contributed by atoms with Crippen molar-refractivity contribution in [3.8, 4) is 11.5 Å². The predicted octanol–water partition coefficient (Wildman–Crippen LogP) is 2.25. The van der Waals surface area contributed by atoms with Crippen LogP contribution in [-0.2, 0) is 4.79 Å². The number of benzene rings is 1. The third-order valence-corrected chi connectivity index (χ3v) is 3.20. The SMILES string of the molecule is CCCC[C@@H](O)[C@H](C=O)c1ccc2c(c1)OCO2. The van der Waals surface area contributed by atoms with Crippen molar-refractivity contribution < 1.29 is 19.4 Å². The Morgan fingerprint density at radius 3 is 2.89 bits per heavy atom. The maximum absolute atomic E-state index is 11.2. The molecule has 0 amide bonds. The van der Waals surface area contributed by atoms with Crippen LogP contribution in [0.5, 0.6) is 11.5 Å². The molecule has 98 valence electrons. The van der Waals surface area contributed by atoms with Gasteiger partial charge in [0.1, 0.15) is 6.29 Å². The molecule has 1 heterocycles. The quantitative estimate of drug-likeness (QED) is 0.787. The van der Waals surface area contributed by atoms with Gasteiger partial charge in [0.2, 0.25) is 6.79 Å². The van der Waals surface area contributed by atoms with E-state index in [1.807, 2.05) is 6.07 Å². The van der Waals surface area contributed by atoms with E-state index in [0.29, 0.717) is 17.9 Å². The highest BCUT2D eigenvalue weighted by atomic mass is 16.7. The number of rotatable bonds is 6. The molecule has 4 nitrogen and oxygen atoms in total. The average molecular weight is 250 g/mol. The summed E-state index contributed by atoms with van der Waals surface area (Å²) >= 11 is 0. The zero-order valence-electron chi connectivity index (χ0n) is 10.5. The molecule has 0 aromatic heterocycles. The molecule has 0 bridgehead atoms. The molecule has 18 heavy (non-hydrogen) atoms. The van der Waals surface area contributed by atoms with E-state index in [0.717, 1.165) is 24.7 Å².